The molecule has 0 aliphatic heterocycles. The van der Waals surface area contributed by atoms with Crippen molar-refractivity contribution in [2.45, 2.75) is 13.0 Å². The normalized spacial score (nSPS) is 10.9. The average Bonchev–Trinajstić information content (AvgIpc) is 2.71. The van der Waals surface area contributed by atoms with Gasteiger partial charge in [-0.1, -0.05) is 0 Å². The summed E-state index contributed by atoms with van der Waals surface area (Å²) < 4.78 is 8.64. The number of carbonyl (C=O) groups excluding carboxylic acids is 1. The molecule has 0 saturated carbocycles. The molecular weight excluding hydrogens is 389 g/mol. The number of hydrogen-bond acceptors (Lipinski definition) is 3. The summed E-state index contributed by atoms with van der Waals surface area (Å²) in [6.07, 6.45) is 0.400. The zero-order valence-corrected chi connectivity index (χ0v) is 14.1. The first-order valence-corrected chi connectivity index (χ1v) is 7.74. The number of nitrogens with one attached hydrogen (secondary N) is 2. The van der Waals surface area contributed by atoms with Crippen molar-refractivity contribution < 1.29 is 9.53 Å². The van der Waals surface area contributed by atoms with Crippen LogP contribution in [0.1, 0.15) is 6.42 Å². The molecule has 1 aromatic carbocycles. The second-order valence-corrected chi connectivity index (χ2v) is 5.97. The minimum absolute atomic E-state index is 0.00353. The van der Waals surface area contributed by atoms with Crippen LogP contribution in [-0.4, -0.2) is 35.7 Å². The van der Waals surface area contributed by atoms with E-state index in [2.05, 4.69) is 32.9 Å². The van der Waals surface area contributed by atoms with E-state index in [9.17, 15) is 4.79 Å². The first kappa shape index (κ1) is 15.5. The van der Waals surface area contributed by atoms with E-state index in [1.165, 1.54) is 0 Å². The number of ether oxygens (including phenoxy) is 1. The van der Waals surface area contributed by atoms with Gasteiger partial charge in [0.15, 0.2) is 4.77 Å². The van der Waals surface area contributed by atoms with E-state index in [1.807, 2.05) is 22.8 Å². The fourth-order valence-corrected chi connectivity index (χ4v) is 2.74. The van der Waals surface area contributed by atoms with Crippen LogP contribution in [0.4, 0.5) is 0 Å². The van der Waals surface area contributed by atoms with Gasteiger partial charge in [0.1, 0.15) is 0 Å². The number of H-pyrrole nitrogens is 1. The Hall–Kier alpha value is -0.930. The fourth-order valence-electron chi connectivity index (χ4n) is 1.95. The molecule has 2 rings (SSSR count). The fraction of sp³-hybridized carbons (Fsp3) is 0.385. The van der Waals surface area contributed by atoms with Crippen molar-refractivity contribution in [1.29, 1.82) is 0 Å². The number of rotatable bonds is 6. The Labute approximate surface area is 135 Å². The van der Waals surface area contributed by atoms with Crippen LogP contribution in [0.25, 0.3) is 11.0 Å². The highest BCUT2D eigenvalue weighted by atomic mass is 127. The molecule has 2 aromatic rings. The molecule has 7 heteroatoms. The maximum atomic E-state index is 11.7. The molecule has 0 fully saturated rings. The first-order valence-electron chi connectivity index (χ1n) is 6.25. The van der Waals surface area contributed by atoms with Crippen LogP contribution in [0.3, 0.4) is 0 Å². The smallest absolute Gasteiger partial charge is 0.221 e. The van der Waals surface area contributed by atoms with Gasteiger partial charge in [-0.05, 0) is 53.0 Å². The van der Waals surface area contributed by atoms with Gasteiger partial charge < -0.3 is 19.6 Å². The van der Waals surface area contributed by atoms with Crippen LogP contribution in [0, 0.1) is 8.34 Å². The molecule has 0 aliphatic carbocycles. The Morgan fingerprint density at radius 1 is 1.55 bits per heavy atom. The SMILES string of the molecule is COCCNC(=O)CCn1c(=S)[nH]c2cc(I)ccc21. The minimum atomic E-state index is 0.00353. The van der Waals surface area contributed by atoms with Crippen molar-refractivity contribution in [2.75, 3.05) is 20.3 Å². The molecule has 0 aliphatic rings. The Balaban J connectivity index is 2.05. The predicted octanol–water partition coefficient (Wildman–Crippen LogP) is 2.46. The summed E-state index contributed by atoms with van der Waals surface area (Å²) in [5.41, 5.74) is 2.03. The van der Waals surface area contributed by atoms with Crippen molar-refractivity contribution in [1.82, 2.24) is 14.9 Å². The molecule has 0 unspecified atom stereocenters. The number of nitrogens with zero attached hydrogens (tertiary/aromatic N) is 1. The summed E-state index contributed by atoms with van der Waals surface area (Å²) >= 11 is 7.57. The maximum absolute atomic E-state index is 11.7. The number of hydrogen-bond donors (Lipinski definition) is 2. The van der Waals surface area contributed by atoms with Gasteiger partial charge in [0.25, 0.3) is 0 Å². The number of fused-ring (bicyclic) bond motifs is 1. The van der Waals surface area contributed by atoms with Gasteiger partial charge >= 0.3 is 0 Å². The van der Waals surface area contributed by atoms with Gasteiger partial charge in [0.05, 0.1) is 17.6 Å². The summed E-state index contributed by atoms with van der Waals surface area (Å²) in [7, 11) is 1.61. The third-order valence-corrected chi connectivity index (χ3v) is 3.92. The number of amides is 1. The number of methoxy groups -OCH3 is 1. The lowest BCUT2D eigenvalue weighted by Gasteiger charge is -2.06. The van der Waals surface area contributed by atoms with E-state index < -0.39 is 0 Å². The van der Waals surface area contributed by atoms with E-state index in [0.717, 1.165) is 14.6 Å². The quantitative estimate of drug-likeness (QED) is 0.441. The number of aromatic amines is 1. The molecule has 1 aromatic heterocycles. The largest absolute Gasteiger partial charge is 0.383 e. The Kier molecular flexibility index (Phi) is 5.55. The van der Waals surface area contributed by atoms with Gasteiger partial charge in [0.2, 0.25) is 5.91 Å². The molecule has 108 valence electrons. The highest BCUT2D eigenvalue weighted by Gasteiger charge is 2.07. The summed E-state index contributed by atoms with van der Waals surface area (Å²) in [5, 5.41) is 2.80. The molecular formula is C13H16IN3O2S. The molecule has 0 atom stereocenters. The number of imidazole rings is 1. The van der Waals surface area contributed by atoms with Gasteiger partial charge in [-0.2, -0.15) is 0 Å². The van der Waals surface area contributed by atoms with E-state index in [1.54, 1.807) is 7.11 Å². The monoisotopic (exact) mass is 405 g/mol. The second kappa shape index (κ2) is 7.19. The third-order valence-electron chi connectivity index (χ3n) is 2.93. The topological polar surface area (TPSA) is 59.0 Å². The van der Waals surface area contributed by atoms with Crippen molar-refractivity contribution in [3.8, 4) is 0 Å². The van der Waals surface area contributed by atoms with Gasteiger partial charge in [-0.15, -0.1) is 0 Å². The van der Waals surface area contributed by atoms with Gasteiger partial charge in [0, 0.05) is 30.2 Å². The number of aromatic nitrogens is 2. The highest BCUT2D eigenvalue weighted by molar-refractivity contribution is 14.1. The summed E-state index contributed by atoms with van der Waals surface area (Å²) in [6.45, 7) is 1.63. The third kappa shape index (κ3) is 3.80. The van der Waals surface area contributed by atoms with Gasteiger partial charge in [-0.3, -0.25) is 4.79 Å². The van der Waals surface area contributed by atoms with Crippen molar-refractivity contribution in [3.05, 3.63) is 26.5 Å². The van der Waals surface area contributed by atoms with Crippen molar-refractivity contribution >= 4 is 51.7 Å². The lowest BCUT2D eigenvalue weighted by Crippen LogP contribution is -2.27. The van der Waals surface area contributed by atoms with E-state index in [0.29, 0.717) is 30.9 Å². The molecule has 1 amide bonds. The Bertz CT molecular complexity index is 665. The molecule has 2 N–H and O–H groups in total. The van der Waals surface area contributed by atoms with E-state index in [4.69, 9.17) is 17.0 Å². The van der Waals surface area contributed by atoms with E-state index >= 15 is 0 Å². The van der Waals surface area contributed by atoms with Crippen LogP contribution in [-0.2, 0) is 16.1 Å². The second-order valence-electron chi connectivity index (χ2n) is 4.34. The van der Waals surface area contributed by atoms with E-state index in [-0.39, 0.29) is 5.91 Å². The highest BCUT2D eigenvalue weighted by Crippen LogP contribution is 2.17. The van der Waals surface area contributed by atoms with Crippen LogP contribution >= 0.6 is 34.8 Å². The lowest BCUT2D eigenvalue weighted by molar-refractivity contribution is -0.121. The summed E-state index contributed by atoms with van der Waals surface area (Å²) in [5.74, 6) is 0.00353. The average molecular weight is 405 g/mol. The van der Waals surface area contributed by atoms with Gasteiger partial charge in [-0.25, -0.2) is 0 Å². The molecule has 20 heavy (non-hydrogen) atoms. The zero-order chi connectivity index (χ0) is 14.5. The summed E-state index contributed by atoms with van der Waals surface area (Å²) in [4.78, 5) is 14.9. The lowest BCUT2D eigenvalue weighted by atomic mass is 10.3. The minimum Gasteiger partial charge on any atom is -0.383 e. The predicted molar refractivity (Wildman–Crippen MR) is 89.3 cm³/mol. The molecule has 5 nitrogen and oxygen atoms in total. The number of carbonyl (C=O) groups is 1. The zero-order valence-electron chi connectivity index (χ0n) is 11.1. The number of aryl methyl sites for hydroxylation is 1. The molecule has 0 radical (unpaired) electrons. The van der Waals surface area contributed by atoms with Crippen molar-refractivity contribution in [2.24, 2.45) is 0 Å². The molecule has 1 heterocycles. The molecule has 0 saturated heterocycles. The number of halogens is 1. The first-order chi connectivity index (χ1) is 9.61. The molecule has 0 spiro atoms. The van der Waals surface area contributed by atoms with Crippen LogP contribution in [0.2, 0.25) is 0 Å². The van der Waals surface area contributed by atoms with Crippen molar-refractivity contribution in [3.63, 3.8) is 0 Å². The van der Waals surface area contributed by atoms with Crippen LogP contribution in [0.5, 0.6) is 0 Å². The maximum Gasteiger partial charge on any atom is 0.221 e. The standard InChI is InChI=1S/C13H16IN3O2S/c1-19-7-5-15-12(18)4-6-17-11-3-2-9(14)8-10(11)16-13(17)20/h2-3,8H,4-7H2,1H3,(H,15,18)(H,16,20). The van der Waals surface area contributed by atoms with Crippen LogP contribution in [0.15, 0.2) is 18.2 Å². The van der Waals surface area contributed by atoms with Crippen LogP contribution < -0.4 is 5.32 Å². The Morgan fingerprint density at radius 3 is 3.10 bits per heavy atom. The summed E-state index contributed by atoms with van der Waals surface area (Å²) in [6, 6.07) is 6.09. The number of benzene rings is 1. The Morgan fingerprint density at radius 2 is 2.35 bits per heavy atom. The molecule has 0 bridgehead atoms.